The van der Waals surface area contributed by atoms with Crippen LogP contribution in [0.1, 0.15) is 25.8 Å². The molecule has 1 aliphatic heterocycles. The van der Waals surface area contributed by atoms with Gasteiger partial charge >= 0.3 is 0 Å². The van der Waals surface area contributed by atoms with Gasteiger partial charge in [-0.2, -0.15) is 0 Å². The highest BCUT2D eigenvalue weighted by molar-refractivity contribution is 6.00. The van der Waals surface area contributed by atoms with E-state index in [1.54, 1.807) is 4.90 Å². The van der Waals surface area contributed by atoms with Crippen LogP contribution in [0.5, 0.6) is 5.75 Å². The van der Waals surface area contributed by atoms with Crippen molar-refractivity contribution in [2.45, 2.75) is 32.8 Å². The van der Waals surface area contributed by atoms with E-state index in [4.69, 9.17) is 4.74 Å². The van der Waals surface area contributed by atoms with Gasteiger partial charge in [0.15, 0.2) is 0 Å². The van der Waals surface area contributed by atoms with Crippen molar-refractivity contribution in [3.63, 3.8) is 0 Å². The van der Waals surface area contributed by atoms with E-state index in [9.17, 15) is 9.59 Å². The third-order valence-electron chi connectivity index (χ3n) is 4.57. The van der Waals surface area contributed by atoms with Crippen molar-refractivity contribution in [3.8, 4) is 5.75 Å². The highest BCUT2D eigenvalue weighted by Crippen LogP contribution is 2.24. The molecule has 1 heterocycles. The van der Waals surface area contributed by atoms with Gasteiger partial charge in [-0.05, 0) is 50.1 Å². The Morgan fingerprint density at radius 1 is 1.15 bits per heavy atom. The summed E-state index contributed by atoms with van der Waals surface area (Å²) in [4.78, 5) is 26.3. The van der Waals surface area contributed by atoms with E-state index in [1.807, 2.05) is 68.4 Å². The Bertz CT molecular complexity index is 772. The second kappa shape index (κ2) is 8.71. The van der Waals surface area contributed by atoms with Gasteiger partial charge in [-0.25, -0.2) is 0 Å². The minimum atomic E-state index is -0.292. The smallest absolute Gasteiger partial charge is 0.227 e. The van der Waals surface area contributed by atoms with Crippen molar-refractivity contribution in [3.05, 3.63) is 60.2 Å². The Morgan fingerprint density at radius 2 is 1.85 bits per heavy atom. The normalized spacial score (nSPS) is 16.6. The van der Waals surface area contributed by atoms with Crippen LogP contribution in [0, 0.1) is 5.92 Å². The summed E-state index contributed by atoms with van der Waals surface area (Å²) in [7, 11) is 0. The first kappa shape index (κ1) is 19.0. The monoisotopic (exact) mass is 366 g/mol. The maximum atomic E-state index is 12.4. The summed E-state index contributed by atoms with van der Waals surface area (Å²) in [5.74, 6) is 0.506. The van der Waals surface area contributed by atoms with Gasteiger partial charge in [0.25, 0.3) is 0 Å². The average Bonchev–Trinajstić information content (AvgIpc) is 3.05. The number of benzene rings is 2. The molecule has 1 saturated heterocycles. The molecule has 1 N–H and O–H groups in total. The van der Waals surface area contributed by atoms with E-state index in [2.05, 4.69) is 5.32 Å². The summed E-state index contributed by atoms with van der Waals surface area (Å²) in [6, 6.07) is 17.4. The summed E-state index contributed by atoms with van der Waals surface area (Å²) in [5, 5.41) is 2.96. The van der Waals surface area contributed by atoms with Crippen LogP contribution in [-0.2, 0) is 16.0 Å². The molecule has 0 aromatic heterocycles. The molecular formula is C22H26N2O3. The van der Waals surface area contributed by atoms with Crippen molar-refractivity contribution in [2.75, 3.05) is 18.0 Å². The van der Waals surface area contributed by atoms with Gasteiger partial charge in [0.1, 0.15) is 5.75 Å². The summed E-state index contributed by atoms with van der Waals surface area (Å²) in [6.45, 7) is 4.99. The third kappa shape index (κ3) is 5.09. The summed E-state index contributed by atoms with van der Waals surface area (Å²) >= 11 is 0. The number of carbonyl (C=O) groups excluding carboxylic acids is 2. The van der Waals surface area contributed by atoms with Crippen molar-refractivity contribution in [1.29, 1.82) is 0 Å². The number of nitrogens with one attached hydrogen (secondary N) is 1. The highest BCUT2D eigenvalue weighted by Gasteiger charge is 2.34. The molecule has 5 heteroatoms. The zero-order valence-corrected chi connectivity index (χ0v) is 15.9. The Kier molecular flexibility index (Phi) is 6.12. The molecule has 2 aromatic rings. The second-order valence-electron chi connectivity index (χ2n) is 7.09. The number of ether oxygens (including phenoxy) is 1. The fourth-order valence-corrected chi connectivity index (χ4v) is 3.22. The van der Waals surface area contributed by atoms with Gasteiger partial charge < -0.3 is 15.0 Å². The molecule has 27 heavy (non-hydrogen) atoms. The van der Waals surface area contributed by atoms with Crippen molar-refractivity contribution < 1.29 is 14.3 Å². The zero-order valence-electron chi connectivity index (χ0n) is 15.9. The maximum absolute atomic E-state index is 12.4. The summed E-state index contributed by atoms with van der Waals surface area (Å²) in [5.41, 5.74) is 1.99. The van der Waals surface area contributed by atoms with Gasteiger partial charge in [0, 0.05) is 25.2 Å². The zero-order chi connectivity index (χ0) is 19.2. The minimum absolute atomic E-state index is 0.00194. The fraction of sp³-hybridized carbons (Fsp3) is 0.364. The van der Waals surface area contributed by atoms with E-state index < -0.39 is 0 Å². The van der Waals surface area contributed by atoms with E-state index in [1.165, 1.54) is 0 Å². The molecule has 0 aliphatic carbocycles. The number of hydrogen-bond acceptors (Lipinski definition) is 3. The largest absolute Gasteiger partial charge is 0.491 e. The SMILES string of the molecule is CC(C)Oc1ccc(CCNC(=O)C2CC(=O)N(c3ccccc3)C2)cc1. The Morgan fingerprint density at radius 3 is 2.52 bits per heavy atom. The Balaban J connectivity index is 1.46. The van der Waals surface area contributed by atoms with Crippen LogP contribution in [0.2, 0.25) is 0 Å². The lowest BCUT2D eigenvalue weighted by molar-refractivity contribution is -0.126. The van der Waals surface area contributed by atoms with Crippen molar-refractivity contribution in [2.24, 2.45) is 5.92 Å². The third-order valence-corrected chi connectivity index (χ3v) is 4.57. The standard InChI is InChI=1S/C22H26N2O3/c1-16(2)27-20-10-8-17(9-11-20)12-13-23-22(26)18-14-21(25)24(15-18)19-6-4-3-5-7-19/h3-11,16,18H,12-15H2,1-2H3,(H,23,26). The predicted molar refractivity (Wildman–Crippen MR) is 106 cm³/mol. The van der Waals surface area contributed by atoms with E-state index >= 15 is 0 Å². The molecular weight excluding hydrogens is 340 g/mol. The molecule has 142 valence electrons. The molecule has 2 amide bonds. The van der Waals surface area contributed by atoms with Crippen molar-refractivity contribution >= 4 is 17.5 Å². The van der Waals surface area contributed by atoms with Crippen LogP contribution >= 0.6 is 0 Å². The lowest BCUT2D eigenvalue weighted by Crippen LogP contribution is -2.34. The first-order valence-corrected chi connectivity index (χ1v) is 9.41. The number of rotatable bonds is 7. The first-order valence-electron chi connectivity index (χ1n) is 9.41. The predicted octanol–water partition coefficient (Wildman–Crippen LogP) is 3.19. The van der Waals surface area contributed by atoms with Gasteiger partial charge in [0.2, 0.25) is 11.8 Å². The van der Waals surface area contributed by atoms with Crippen LogP contribution in [0.15, 0.2) is 54.6 Å². The number of carbonyl (C=O) groups is 2. The minimum Gasteiger partial charge on any atom is -0.491 e. The molecule has 0 bridgehead atoms. The van der Waals surface area contributed by atoms with Crippen LogP contribution in [0.4, 0.5) is 5.69 Å². The molecule has 0 saturated carbocycles. The lowest BCUT2D eigenvalue weighted by atomic mass is 10.1. The van der Waals surface area contributed by atoms with E-state index in [0.717, 1.165) is 23.4 Å². The Labute approximate surface area is 160 Å². The van der Waals surface area contributed by atoms with Crippen molar-refractivity contribution in [1.82, 2.24) is 5.32 Å². The molecule has 0 spiro atoms. The maximum Gasteiger partial charge on any atom is 0.227 e. The molecule has 1 unspecified atom stereocenters. The molecule has 1 aliphatic rings. The number of hydrogen-bond donors (Lipinski definition) is 1. The highest BCUT2D eigenvalue weighted by atomic mass is 16.5. The number of anilines is 1. The van der Waals surface area contributed by atoms with Crippen LogP contribution < -0.4 is 15.0 Å². The Hall–Kier alpha value is -2.82. The average molecular weight is 366 g/mol. The molecule has 0 radical (unpaired) electrons. The van der Waals surface area contributed by atoms with Gasteiger partial charge in [0.05, 0.1) is 12.0 Å². The fourth-order valence-electron chi connectivity index (χ4n) is 3.22. The molecule has 5 nitrogen and oxygen atoms in total. The number of nitrogens with zero attached hydrogens (tertiary/aromatic N) is 1. The molecule has 1 fully saturated rings. The molecule has 1 atom stereocenters. The van der Waals surface area contributed by atoms with Crippen LogP contribution in [-0.4, -0.2) is 31.0 Å². The van der Waals surface area contributed by atoms with Crippen LogP contribution in [0.3, 0.4) is 0 Å². The van der Waals surface area contributed by atoms with Gasteiger partial charge in [-0.15, -0.1) is 0 Å². The van der Waals surface area contributed by atoms with Gasteiger partial charge in [-0.1, -0.05) is 30.3 Å². The number of para-hydroxylation sites is 1. The first-order chi connectivity index (χ1) is 13.0. The number of amides is 2. The summed E-state index contributed by atoms with van der Waals surface area (Å²) in [6.07, 6.45) is 1.17. The second-order valence-corrected chi connectivity index (χ2v) is 7.09. The van der Waals surface area contributed by atoms with Crippen LogP contribution in [0.25, 0.3) is 0 Å². The molecule has 3 rings (SSSR count). The molecule has 2 aromatic carbocycles. The van der Waals surface area contributed by atoms with E-state index in [0.29, 0.717) is 13.1 Å². The quantitative estimate of drug-likeness (QED) is 0.819. The summed E-state index contributed by atoms with van der Waals surface area (Å²) < 4.78 is 5.63. The topological polar surface area (TPSA) is 58.6 Å². The van der Waals surface area contributed by atoms with Gasteiger partial charge in [-0.3, -0.25) is 9.59 Å². The lowest BCUT2D eigenvalue weighted by Gasteiger charge is -2.16. The van der Waals surface area contributed by atoms with E-state index in [-0.39, 0.29) is 30.3 Å².